The van der Waals surface area contributed by atoms with E-state index in [2.05, 4.69) is 25.9 Å². The van der Waals surface area contributed by atoms with Crippen LogP contribution >= 0.6 is 15.9 Å². The molecule has 1 aliphatic rings. The summed E-state index contributed by atoms with van der Waals surface area (Å²) in [5.74, 6) is -0.203. The number of aromatic nitrogens is 1. The van der Waals surface area contributed by atoms with Crippen molar-refractivity contribution in [2.75, 3.05) is 0 Å². The summed E-state index contributed by atoms with van der Waals surface area (Å²) in [5.41, 5.74) is 1.96. The van der Waals surface area contributed by atoms with Crippen LogP contribution in [0.2, 0.25) is 0 Å². The lowest BCUT2D eigenvalue weighted by molar-refractivity contribution is -0.130. The van der Waals surface area contributed by atoms with E-state index in [0.29, 0.717) is 5.56 Å². The Balaban J connectivity index is 1.81. The highest BCUT2D eigenvalue weighted by Crippen LogP contribution is 2.18. The molecule has 0 radical (unpaired) electrons. The van der Waals surface area contributed by atoms with Crippen LogP contribution < -0.4 is 0 Å². The third-order valence-electron chi connectivity index (χ3n) is 2.91. The predicted molar refractivity (Wildman–Crippen MR) is 88.1 cm³/mol. The highest BCUT2D eigenvalue weighted by molar-refractivity contribution is 9.10. The number of cyclic esters (lactones) is 1. The lowest BCUT2D eigenvalue weighted by atomic mass is 10.2. The Bertz CT molecular complexity index is 795. The Hall–Kier alpha value is -2.53. The highest BCUT2D eigenvalue weighted by atomic mass is 79.9. The van der Waals surface area contributed by atoms with Crippen LogP contribution in [0.5, 0.6) is 0 Å². The second kappa shape index (κ2) is 6.49. The molecule has 22 heavy (non-hydrogen) atoms. The van der Waals surface area contributed by atoms with Crippen molar-refractivity contribution in [3.63, 3.8) is 0 Å². The summed E-state index contributed by atoms with van der Waals surface area (Å²) in [5, 5.41) is 0. The predicted octanol–water partition coefficient (Wildman–Crippen LogP) is 3.74. The Morgan fingerprint density at radius 3 is 2.73 bits per heavy atom. The zero-order valence-corrected chi connectivity index (χ0v) is 13.0. The van der Waals surface area contributed by atoms with Crippen molar-refractivity contribution in [2.24, 2.45) is 4.99 Å². The quantitative estimate of drug-likeness (QED) is 0.623. The van der Waals surface area contributed by atoms with Crippen molar-refractivity contribution in [1.29, 1.82) is 0 Å². The number of nitrogens with zero attached hydrogens (tertiary/aromatic N) is 2. The lowest BCUT2D eigenvalue weighted by Gasteiger charge is -1.98. The Morgan fingerprint density at radius 2 is 1.95 bits per heavy atom. The third-order valence-corrected chi connectivity index (χ3v) is 3.35. The number of rotatable bonds is 3. The van der Waals surface area contributed by atoms with E-state index >= 15 is 0 Å². The van der Waals surface area contributed by atoms with Crippen LogP contribution in [0.1, 0.15) is 11.1 Å². The van der Waals surface area contributed by atoms with Gasteiger partial charge in [-0.3, -0.25) is 4.98 Å². The number of carbonyl (C=O) groups is 1. The molecule has 0 saturated carbocycles. The molecule has 1 aliphatic heterocycles. The van der Waals surface area contributed by atoms with Gasteiger partial charge in [-0.1, -0.05) is 42.5 Å². The second-order valence-electron chi connectivity index (χ2n) is 4.52. The lowest BCUT2D eigenvalue weighted by Crippen LogP contribution is -2.05. The van der Waals surface area contributed by atoms with Crippen LogP contribution in [0.15, 0.2) is 76.1 Å². The Labute approximate surface area is 136 Å². The number of ether oxygens (including phenoxy) is 1. The van der Waals surface area contributed by atoms with E-state index in [1.54, 1.807) is 30.6 Å². The fraction of sp³-hybridized carbons (Fsp3) is 0. The van der Waals surface area contributed by atoms with Crippen molar-refractivity contribution in [3.8, 4) is 0 Å². The van der Waals surface area contributed by atoms with Crippen LogP contribution in [0.3, 0.4) is 0 Å². The smallest absolute Gasteiger partial charge is 0.363 e. The minimum Gasteiger partial charge on any atom is -0.402 e. The highest BCUT2D eigenvalue weighted by Gasteiger charge is 2.23. The van der Waals surface area contributed by atoms with Gasteiger partial charge in [-0.15, -0.1) is 0 Å². The van der Waals surface area contributed by atoms with E-state index in [0.717, 1.165) is 10.0 Å². The van der Waals surface area contributed by atoms with Gasteiger partial charge < -0.3 is 4.74 Å². The SMILES string of the molecule is O=C1OC(c2cncc(Br)c2)=N/C1=C\C=C\c1ccccc1. The summed E-state index contributed by atoms with van der Waals surface area (Å²) in [6.07, 6.45) is 8.56. The molecule has 0 spiro atoms. The number of carbonyl (C=O) groups excluding carboxylic acids is 1. The van der Waals surface area contributed by atoms with Gasteiger partial charge in [0, 0.05) is 16.9 Å². The van der Waals surface area contributed by atoms with Gasteiger partial charge in [-0.25, -0.2) is 9.79 Å². The molecule has 0 fully saturated rings. The van der Waals surface area contributed by atoms with Gasteiger partial charge in [0.15, 0.2) is 5.70 Å². The first kappa shape index (κ1) is 14.4. The fourth-order valence-corrected chi connectivity index (χ4v) is 2.25. The molecular formula is C17H11BrN2O2. The van der Waals surface area contributed by atoms with Crippen LogP contribution in [-0.2, 0) is 9.53 Å². The summed E-state index contributed by atoms with van der Waals surface area (Å²) < 4.78 is 5.96. The van der Waals surface area contributed by atoms with Crippen LogP contribution in [0.25, 0.3) is 6.08 Å². The normalized spacial score (nSPS) is 16.1. The molecule has 3 rings (SSSR count). The molecule has 0 saturated heterocycles. The molecule has 0 unspecified atom stereocenters. The fourth-order valence-electron chi connectivity index (χ4n) is 1.89. The topological polar surface area (TPSA) is 51.5 Å². The Kier molecular flexibility index (Phi) is 4.25. The molecule has 108 valence electrons. The van der Waals surface area contributed by atoms with E-state index in [1.165, 1.54) is 0 Å². The summed E-state index contributed by atoms with van der Waals surface area (Å²) in [6, 6.07) is 11.6. The van der Waals surface area contributed by atoms with Crippen molar-refractivity contribution < 1.29 is 9.53 Å². The van der Waals surface area contributed by atoms with Crippen molar-refractivity contribution in [1.82, 2.24) is 4.98 Å². The number of aliphatic imine (C=N–C) groups is 1. The summed E-state index contributed by atoms with van der Waals surface area (Å²) in [4.78, 5) is 20.0. The largest absolute Gasteiger partial charge is 0.402 e. The zero-order valence-electron chi connectivity index (χ0n) is 11.4. The van der Waals surface area contributed by atoms with E-state index in [1.807, 2.05) is 36.4 Å². The van der Waals surface area contributed by atoms with E-state index < -0.39 is 5.97 Å². The van der Waals surface area contributed by atoms with Crippen LogP contribution in [0, 0.1) is 0 Å². The Morgan fingerprint density at radius 1 is 1.14 bits per heavy atom. The number of halogens is 1. The molecule has 0 amide bonds. The number of hydrogen-bond donors (Lipinski definition) is 0. The molecule has 5 heteroatoms. The number of pyridine rings is 1. The van der Waals surface area contributed by atoms with Gasteiger partial charge in [0.05, 0.1) is 5.56 Å². The van der Waals surface area contributed by atoms with Gasteiger partial charge in [0.1, 0.15) is 0 Å². The maximum absolute atomic E-state index is 11.8. The monoisotopic (exact) mass is 354 g/mol. The van der Waals surface area contributed by atoms with Crippen LogP contribution in [0.4, 0.5) is 0 Å². The van der Waals surface area contributed by atoms with Crippen molar-refractivity contribution >= 4 is 33.9 Å². The standard InChI is InChI=1S/C17H11BrN2O2/c18-14-9-13(10-19-11-14)16-20-15(17(21)22-16)8-4-7-12-5-2-1-3-6-12/h1-11H/b7-4+,15-8-. The van der Waals surface area contributed by atoms with Crippen molar-refractivity contribution in [2.45, 2.75) is 0 Å². The first-order chi connectivity index (χ1) is 10.7. The van der Waals surface area contributed by atoms with Gasteiger partial charge in [0.25, 0.3) is 0 Å². The second-order valence-corrected chi connectivity index (χ2v) is 5.44. The van der Waals surface area contributed by atoms with E-state index in [9.17, 15) is 4.79 Å². The minimum atomic E-state index is -0.465. The number of allylic oxidation sites excluding steroid dienone is 2. The van der Waals surface area contributed by atoms with E-state index in [-0.39, 0.29) is 11.6 Å². The van der Waals surface area contributed by atoms with Gasteiger partial charge in [0.2, 0.25) is 5.90 Å². The molecule has 2 heterocycles. The molecule has 4 nitrogen and oxygen atoms in total. The molecule has 1 aromatic heterocycles. The molecule has 0 aliphatic carbocycles. The summed E-state index contributed by atoms with van der Waals surface area (Å²) >= 11 is 3.32. The van der Waals surface area contributed by atoms with Gasteiger partial charge in [-0.2, -0.15) is 0 Å². The molecule has 0 atom stereocenters. The summed E-state index contributed by atoms with van der Waals surface area (Å²) in [6.45, 7) is 0. The van der Waals surface area contributed by atoms with Gasteiger partial charge >= 0.3 is 5.97 Å². The average molecular weight is 355 g/mol. The first-order valence-electron chi connectivity index (χ1n) is 6.57. The minimum absolute atomic E-state index is 0.262. The van der Waals surface area contributed by atoms with Crippen molar-refractivity contribution in [3.05, 3.63) is 82.2 Å². The number of benzene rings is 1. The van der Waals surface area contributed by atoms with Gasteiger partial charge in [-0.05, 0) is 33.6 Å². The molecule has 0 N–H and O–H groups in total. The third kappa shape index (κ3) is 3.38. The number of esters is 1. The van der Waals surface area contributed by atoms with Crippen LogP contribution in [-0.4, -0.2) is 16.9 Å². The molecule has 2 aromatic rings. The maximum atomic E-state index is 11.8. The average Bonchev–Trinajstić information content (AvgIpc) is 2.90. The molecular weight excluding hydrogens is 344 g/mol. The molecule has 1 aromatic carbocycles. The van der Waals surface area contributed by atoms with E-state index in [4.69, 9.17) is 4.74 Å². The first-order valence-corrected chi connectivity index (χ1v) is 7.37. The summed E-state index contributed by atoms with van der Waals surface area (Å²) in [7, 11) is 0. The zero-order chi connectivity index (χ0) is 15.4. The molecule has 0 bridgehead atoms. The maximum Gasteiger partial charge on any atom is 0.363 e. The number of hydrogen-bond acceptors (Lipinski definition) is 4.